The van der Waals surface area contributed by atoms with Gasteiger partial charge in [0.25, 0.3) is 5.91 Å². The molecule has 0 aliphatic rings. The molecule has 10 heteroatoms. The van der Waals surface area contributed by atoms with Crippen molar-refractivity contribution in [1.82, 2.24) is 10.3 Å². The number of halogens is 2. The molecule has 0 unspecified atom stereocenters. The summed E-state index contributed by atoms with van der Waals surface area (Å²) in [6.07, 6.45) is 0. The molecule has 3 N–H and O–H groups in total. The van der Waals surface area contributed by atoms with Gasteiger partial charge < -0.3 is 15.8 Å². The number of anilines is 2. The van der Waals surface area contributed by atoms with Gasteiger partial charge >= 0.3 is 0 Å². The molecule has 0 spiro atoms. The number of nitrogens with zero attached hydrogens (tertiary/aromatic N) is 3. The Kier molecular flexibility index (Phi) is 5.35. The molecule has 0 radical (unpaired) electrons. The summed E-state index contributed by atoms with van der Waals surface area (Å²) in [5, 5.41) is 25.9. The smallest absolute Gasteiger partial charge is 0.257 e. The quantitative estimate of drug-likeness (QED) is 0.269. The number of nitrogens with one attached hydrogen (secondary N) is 2. The zero-order chi connectivity index (χ0) is 18.5. The van der Waals surface area contributed by atoms with E-state index in [9.17, 15) is 10.0 Å². The van der Waals surface area contributed by atoms with Crippen LogP contribution in [0.2, 0.25) is 10.0 Å². The van der Waals surface area contributed by atoms with Crippen molar-refractivity contribution in [2.45, 2.75) is 0 Å². The number of benzene rings is 2. The van der Waals surface area contributed by atoms with Crippen molar-refractivity contribution >= 4 is 46.4 Å². The Bertz CT molecular complexity index is 974. The van der Waals surface area contributed by atoms with Crippen LogP contribution in [-0.2, 0) is 0 Å². The number of amides is 1. The van der Waals surface area contributed by atoms with E-state index in [0.717, 1.165) is 0 Å². The molecule has 8 nitrogen and oxygen atoms in total. The SMILES string of the molecule is O=C(Nc1nonc1/C(=N\O)Nc1cccc(Cl)c1)c1cccc(Cl)c1. The lowest BCUT2D eigenvalue weighted by Gasteiger charge is -2.07. The summed E-state index contributed by atoms with van der Waals surface area (Å²) in [4.78, 5) is 12.3. The van der Waals surface area contributed by atoms with Gasteiger partial charge in [-0.3, -0.25) is 4.79 Å². The molecule has 3 aromatic rings. The lowest BCUT2D eigenvalue weighted by Crippen LogP contribution is -2.19. The zero-order valence-corrected chi connectivity index (χ0v) is 14.5. The highest BCUT2D eigenvalue weighted by Gasteiger charge is 2.20. The maximum absolute atomic E-state index is 12.3. The van der Waals surface area contributed by atoms with Gasteiger partial charge in [0.05, 0.1) is 0 Å². The Morgan fingerprint density at radius 2 is 1.77 bits per heavy atom. The summed E-state index contributed by atoms with van der Waals surface area (Å²) < 4.78 is 4.65. The summed E-state index contributed by atoms with van der Waals surface area (Å²) in [6.45, 7) is 0. The molecule has 1 aromatic heterocycles. The number of rotatable bonds is 4. The minimum Gasteiger partial charge on any atom is -0.409 e. The first-order valence-corrected chi connectivity index (χ1v) is 7.97. The molecule has 132 valence electrons. The Morgan fingerprint density at radius 3 is 2.46 bits per heavy atom. The first-order valence-electron chi connectivity index (χ1n) is 7.21. The van der Waals surface area contributed by atoms with Gasteiger partial charge in [-0.15, -0.1) is 0 Å². The van der Waals surface area contributed by atoms with Crippen LogP contribution in [0.25, 0.3) is 0 Å². The van der Waals surface area contributed by atoms with Crippen LogP contribution in [0.4, 0.5) is 11.5 Å². The van der Waals surface area contributed by atoms with Crippen molar-refractivity contribution in [2.24, 2.45) is 5.16 Å². The molecule has 26 heavy (non-hydrogen) atoms. The fourth-order valence-electron chi connectivity index (χ4n) is 2.07. The molecular weight excluding hydrogens is 381 g/mol. The van der Waals surface area contributed by atoms with E-state index in [1.165, 1.54) is 6.07 Å². The Labute approximate surface area is 157 Å². The predicted molar refractivity (Wildman–Crippen MR) is 97.1 cm³/mol. The van der Waals surface area contributed by atoms with Crippen molar-refractivity contribution in [3.63, 3.8) is 0 Å². The number of carbonyl (C=O) groups is 1. The average Bonchev–Trinajstić information content (AvgIpc) is 3.07. The lowest BCUT2D eigenvalue weighted by atomic mass is 10.2. The molecule has 0 aliphatic carbocycles. The molecular formula is C16H11Cl2N5O3. The van der Waals surface area contributed by atoms with Gasteiger partial charge in [-0.1, -0.05) is 40.5 Å². The third kappa shape index (κ3) is 4.11. The van der Waals surface area contributed by atoms with Gasteiger partial charge in [0.1, 0.15) is 0 Å². The standard InChI is InChI=1S/C16H11Cl2N5O3/c17-10-4-1-3-9(7-10)16(24)20-15-13(22-26-23-15)14(21-25)19-12-6-2-5-11(18)8-12/h1-8,25H,(H,19,21)(H,20,23,24). The number of aromatic nitrogens is 2. The summed E-state index contributed by atoms with van der Waals surface area (Å²) >= 11 is 11.8. The maximum Gasteiger partial charge on any atom is 0.257 e. The van der Waals surface area contributed by atoms with E-state index in [0.29, 0.717) is 21.3 Å². The number of carbonyl (C=O) groups excluding carboxylic acids is 1. The second-order valence-electron chi connectivity index (χ2n) is 5.01. The van der Waals surface area contributed by atoms with Gasteiger partial charge in [-0.05, 0) is 46.7 Å². The highest BCUT2D eigenvalue weighted by atomic mass is 35.5. The number of amidine groups is 1. The van der Waals surface area contributed by atoms with Crippen LogP contribution in [0.5, 0.6) is 0 Å². The molecule has 0 saturated carbocycles. The summed E-state index contributed by atoms with van der Waals surface area (Å²) in [5.74, 6) is -0.600. The van der Waals surface area contributed by atoms with Gasteiger partial charge in [0, 0.05) is 21.3 Å². The van der Waals surface area contributed by atoms with Crippen LogP contribution in [0.3, 0.4) is 0 Å². The number of oxime groups is 1. The molecule has 0 aliphatic heterocycles. The van der Waals surface area contributed by atoms with E-state index in [1.807, 2.05) is 0 Å². The second-order valence-corrected chi connectivity index (χ2v) is 5.88. The van der Waals surface area contributed by atoms with Crippen LogP contribution in [0.15, 0.2) is 58.3 Å². The average molecular weight is 392 g/mol. The van der Waals surface area contributed by atoms with Gasteiger partial charge in [-0.2, -0.15) is 0 Å². The fraction of sp³-hybridized carbons (Fsp3) is 0. The molecule has 0 bridgehead atoms. The monoisotopic (exact) mass is 391 g/mol. The van der Waals surface area contributed by atoms with Crippen LogP contribution in [-0.4, -0.2) is 27.3 Å². The van der Waals surface area contributed by atoms with Crippen LogP contribution in [0.1, 0.15) is 16.1 Å². The van der Waals surface area contributed by atoms with Crippen LogP contribution in [0, 0.1) is 0 Å². The minimum atomic E-state index is -0.482. The molecule has 1 amide bonds. The highest BCUT2D eigenvalue weighted by Crippen LogP contribution is 2.19. The van der Waals surface area contributed by atoms with E-state index < -0.39 is 5.91 Å². The van der Waals surface area contributed by atoms with E-state index >= 15 is 0 Å². The molecule has 0 saturated heterocycles. The topological polar surface area (TPSA) is 113 Å². The third-order valence-electron chi connectivity index (χ3n) is 3.22. The largest absolute Gasteiger partial charge is 0.409 e. The molecule has 3 rings (SSSR count). The molecule has 0 atom stereocenters. The molecule has 2 aromatic carbocycles. The normalized spacial score (nSPS) is 11.2. The fourth-order valence-corrected chi connectivity index (χ4v) is 2.45. The third-order valence-corrected chi connectivity index (χ3v) is 3.69. The first kappa shape index (κ1) is 17.7. The van der Waals surface area contributed by atoms with Crippen molar-refractivity contribution in [3.8, 4) is 0 Å². The number of hydrogen-bond donors (Lipinski definition) is 3. The summed E-state index contributed by atoms with van der Waals surface area (Å²) in [5.41, 5.74) is 0.861. The van der Waals surface area contributed by atoms with Gasteiger partial charge in [0.15, 0.2) is 5.69 Å². The Morgan fingerprint density at radius 1 is 1.04 bits per heavy atom. The lowest BCUT2D eigenvalue weighted by molar-refractivity contribution is 0.102. The van der Waals surface area contributed by atoms with E-state index in [1.54, 1.807) is 42.5 Å². The second kappa shape index (κ2) is 7.85. The Hall–Kier alpha value is -3.10. The minimum absolute atomic E-state index is 0.00264. The molecule has 1 heterocycles. The van der Waals surface area contributed by atoms with E-state index in [2.05, 4.69) is 30.7 Å². The number of hydrogen-bond acceptors (Lipinski definition) is 6. The summed E-state index contributed by atoms with van der Waals surface area (Å²) in [7, 11) is 0. The highest BCUT2D eigenvalue weighted by molar-refractivity contribution is 6.31. The Balaban J connectivity index is 1.81. The van der Waals surface area contributed by atoms with Crippen molar-refractivity contribution in [3.05, 3.63) is 69.8 Å². The van der Waals surface area contributed by atoms with Gasteiger partial charge in [-0.25, -0.2) is 4.63 Å². The van der Waals surface area contributed by atoms with Crippen LogP contribution >= 0.6 is 23.2 Å². The predicted octanol–water partition coefficient (Wildman–Crippen LogP) is 3.88. The zero-order valence-electron chi connectivity index (χ0n) is 13.0. The van der Waals surface area contributed by atoms with Crippen molar-refractivity contribution in [2.75, 3.05) is 10.6 Å². The van der Waals surface area contributed by atoms with Crippen molar-refractivity contribution < 1.29 is 14.6 Å². The summed E-state index contributed by atoms with van der Waals surface area (Å²) in [6, 6.07) is 13.1. The molecule has 0 fully saturated rings. The maximum atomic E-state index is 12.3. The van der Waals surface area contributed by atoms with Crippen molar-refractivity contribution in [1.29, 1.82) is 0 Å². The van der Waals surface area contributed by atoms with Gasteiger partial charge in [0.2, 0.25) is 11.7 Å². The van der Waals surface area contributed by atoms with E-state index in [4.69, 9.17) is 23.2 Å². The first-order chi connectivity index (χ1) is 12.6. The van der Waals surface area contributed by atoms with E-state index in [-0.39, 0.29) is 17.3 Å². The van der Waals surface area contributed by atoms with Crippen LogP contribution < -0.4 is 10.6 Å².